The Kier molecular flexibility index (Phi) is 7.26. The largest absolute Gasteiger partial charge is 0.504 e. The molecule has 1 aliphatic carbocycles. The number of phenols is 2. The summed E-state index contributed by atoms with van der Waals surface area (Å²) in [6, 6.07) is 18.6. The van der Waals surface area contributed by atoms with Gasteiger partial charge in [0.1, 0.15) is 5.69 Å². The van der Waals surface area contributed by atoms with E-state index in [0.717, 1.165) is 17.5 Å². The van der Waals surface area contributed by atoms with Crippen LogP contribution in [0.25, 0.3) is 5.69 Å². The van der Waals surface area contributed by atoms with E-state index in [1.165, 1.54) is 6.07 Å². The molecular weight excluding hydrogens is 523 g/mol. The number of aromatic hydroxyl groups is 2. The predicted molar refractivity (Wildman–Crippen MR) is 143 cm³/mol. The zero-order chi connectivity index (χ0) is 28.6. The monoisotopic (exact) mass is 551 g/mol. The minimum atomic E-state index is -4.75. The number of benzene rings is 3. The molecule has 1 unspecified atom stereocenters. The molecule has 0 radical (unpaired) electrons. The molecule has 1 aliphatic rings. The highest BCUT2D eigenvalue weighted by Crippen LogP contribution is 2.42. The number of hydrogen-bond acceptors (Lipinski definition) is 6. The molecule has 0 bridgehead atoms. The molecule has 1 amide bonds. The van der Waals surface area contributed by atoms with Gasteiger partial charge in [-0.05, 0) is 61.3 Å². The highest BCUT2D eigenvalue weighted by Gasteiger charge is 2.37. The lowest BCUT2D eigenvalue weighted by Crippen LogP contribution is -2.28. The second kappa shape index (κ2) is 10.7. The van der Waals surface area contributed by atoms with Crippen LogP contribution in [0, 0.1) is 0 Å². The van der Waals surface area contributed by atoms with Gasteiger partial charge in [-0.25, -0.2) is 4.68 Å². The number of phenolic OH excluding ortho intramolecular Hbond substituents is 2. The normalized spacial score (nSPS) is 14.3. The average molecular weight is 552 g/mol. The Morgan fingerprint density at radius 3 is 2.52 bits per heavy atom. The van der Waals surface area contributed by atoms with Gasteiger partial charge >= 0.3 is 6.18 Å². The third-order valence-electron chi connectivity index (χ3n) is 6.95. The summed E-state index contributed by atoms with van der Waals surface area (Å²) in [7, 11) is 1.92. The van der Waals surface area contributed by atoms with E-state index in [2.05, 4.69) is 15.3 Å². The molecule has 1 aromatic heterocycles. The molecule has 3 aromatic carbocycles. The lowest BCUT2D eigenvalue weighted by molar-refractivity contribution is -0.141. The Labute approximate surface area is 228 Å². The second-order valence-corrected chi connectivity index (χ2v) is 9.79. The number of para-hydroxylation sites is 1. The SMILES string of the molecule is CN(C1CC1)C(c1cccc(NC(=O)c2cc(C(F)(F)F)nn2-c2cccc(CN)c2)c1)c1cccc(O)c1O. The maximum atomic E-state index is 13.6. The topological polar surface area (TPSA) is 117 Å². The van der Waals surface area contributed by atoms with Crippen molar-refractivity contribution in [2.75, 3.05) is 12.4 Å². The number of alkyl halides is 3. The van der Waals surface area contributed by atoms with Gasteiger partial charge in [0.2, 0.25) is 0 Å². The minimum Gasteiger partial charge on any atom is -0.504 e. The number of carbonyl (C=O) groups excluding carboxylic acids is 1. The van der Waals surface area contributed by atoms with E-state index in [9.17, 15) is 28.2 Å². The first kappa shape index (κ1) is 27.2. The first-order valence-electron chi connectivity index (χ1n) is 12.7. The van der Waals surface area contributed by atoms with Crippen molar-refractivity contribution in [2.45, 2.75) is 37.6 Å². The molecule has 0 spiro atoms. The van der Waals surface area contributed by atoms with E-state index in [4.69, 9.17) is 5.73 Å². The van der Waals surface area contributed by atoms with Gasteiger partial charge in [0, 0.05) is 29.9 Å². The van der Waals surface area contributed by atoms with Crippen molar-refractivity contribution in [3.63, 3.8) is 0 Å². The molecule has 11 heteroatoms. The summed E-state index contributed by atoms with van der Waals surface area (Å²) in [5.41, 5.74) is 6.67. The zero-order valence-electron chi connectivity index (χ0n) is 21.6. The van der Waals surface area contributed by atoms with E-state index in [1.807, 2.05) is 13.1 Å². The van der Waals surface area contributed by atoms with Crippen molar-refractivity contribution in [1.82, 2.24) is 14.7 Å². The first-order valence-corrected chi connectivity index (χ1v) is 12.7. The number of carbonyl (C=O) groups is 1. The molecule has 4 aromatic rings. The van der Waals surface area contributed by atoms with E-state index >= 15 is 0 Å². The van der Waals surface area contributed by atoms with Gasteiger partial charge in [-0.15, -0.1) is 0 Å². The molecule has 40 heavy (non-hydrogen) atoms. The lowest BCUT2D eigenvalue weighted by Gasteiger charge is -2.30. The van der Waals surface area contributed by atoms with Crippen LogP contribution in [0.4, 0.5) is 18.9 Å². The molecule has 5 N–H and O–H groups in total. The molecule has 0 saturated heterocycles. The second-order valence-electron chi connectivity index (χ2n) is 9.79. The average Bonchev–Trinajstić information content (AvgIpc) is 3.68. The number of nitrogens with zero attached hydrogens (tertiary/aromatic N) is 3. The Morgan fingerprint density at radius 1 is 1.10 bits per heavy atom. The third kappa shape index (κ3) is 5.51. The summed E-state index contributed by atoms with van der Waals surface area (Å²) in [5.74, 6) is -1.27. The lowest BCUT2D eigenvalue weighted by atomic mass is 9.95. The number of nitrogens with one attached hydrogen (secondary N) is 1. The number of aromatic nitrogens is 2. The van der Waals surface area contributed by atoms with Crippen LogP contribution < -0.4 is 11.1 Å². The molecule has 1 atom stereocenters. The Balaban J connectivity index is 1.50. The summed E-state index contributed by atoms with van der Waals surface area (Å²) < 4.78 is 41.7. The minimum absolute atomic E-state index is 0.167. The van der Waals surface area contributed by atoms with Crippen molar-refractivity contribution in [2.24, 2.45) is 5.73 Å². The fourth-order valence-corrected chi connectivity index (χ4v) is 4.77. The van der Waals surface area contributed by atoms with Crippen LogP contribution in [0.2, 0.25) is 0 Å². The predicted octanol–water partition coefficient (Wildman–Crippen LogP) is 5.20. The number of halogens is 3. The molecular formula is C29H28F3N5O3. The van der Waals surface area contributed by atoms with Gasteiger partial charge in [-0.3, -0.25) is 9.69 Å². The van der Waals surface area contributed by atoms with Crippen molar-refractivity contribution in [3.05, 3.63) is 101 Å². The standard InChI is InChI=1S/C29H28F3N5O3/c1-36(20-11-12-20)26(22-9-4-10-24(38)27(22)39)18-6-3-7-19(14-18)34-28(40)23-15-25(29(30,31)32)35-37(23)21-8-2-5-17(13-21)16-33/h2-10,13-15,20,26,38-39H,11-12,16,33H2,1H3,(H,34,40). The van der Waals surface area contributed by atoms with Gasteiger partial charge in [0.05, 0.1) is 11.7 Å². The summed E-state index contributed by atoms with van der Waals surface area (Å²) in [4.78, 5) is 15.4. The van der Waals surface area contributed by atoms with Crippen LogP contribution in [0.3, 0.4) is 0 Å². The number of hydrogen-bond donors (Lipinski definition) is 4. The summed E-state index contributed by atoms with van der Waals surface area (Å²) in [6.07, 6.45) is -2.78. The van der Waals surface area contributed by atoms with E-state index in [1.54, 1.807) is 54.6 Å². The maximum Gasteiger partial charge on any atom is 0.435 e. The van der Waals surface area contributed by atoms with Gasteiger partial charge in [-0.2, -0.15) is 18.3 Å². The van der Waals surface area contributed by atoms with Crippen LogP contribution in [-0.4, -0.2) is 43.9 Å². The van der Waals surface area contributed by atoms with Crippen molar-refractivity contribution in [3.8, 4) is 17.2 Å². The molecule has 0 aliphatic heterocycles. The molecule has 1 saturated carbocycles. The molecule has 1 heterocycles. The van der Waals surface area contributed by atoms with Crippen LogP contribution in [0.15, 0.2) is 72.8 Å². The quantitative estimate of drug-likeness (QED) is 0.224. The van der Waals surface area contributed by atoms with Crippen molar-refractivity contribution < 1.29 is 28.2 Å². The van der Waals surface area contributed by atoms with Crippen LogP contribution in [0.5, 0.6) is 11.5 Å². The smallest absolute Gasteiger partial charge is 0.435 e. The van der Waals surface area contributed by atoms with E-state index in [-0.39, 0.29) is 35.5 Å². The molecule has 1 fully saturated rings. The zero-order valence-corrected chi connectivity index (χ0v) is 21.6. The number of anilines is 1. The number of amides is 1. The summed E-state index contributed by atoms with van der Waals surface area (Å²) >= 11 is 0. The fourth-order valence-electron chi connectivity index (χ4n) is 4.77. The van der Waals surface area contributed by atoms with Gasteiger partial charge in [0.15, 0.2) is 17.2 Å². The maximum absolute atomic E-state index is 13.6. The van der Waals surface area contributed by atoms with Gasteiger partial charge < -0.3 is 21.3 Å². The highest BCUT2D eigenvalue weighted by molar-refractivity contribution is 6.03. The van der Waals surface area contributed by atoms with E-state index in [0.29, 0.717) is 28.4 Å². The van der Waals surface area contributed by atoms with Crippen LogP contribution in [0.1, 0.15) is 51.8 Å². The first-order chi connectivity index (χ1) is 19.1. The Hall–Kier alpha value is -4.35. The van der Waals surface area contributed by atoms with Gasteiger partial charge in [-0.1, -0.05) is 36.4 Å². The Morgan fingerprint density at radius 2 is 1.82 bits per heavy atom. The Bertz CT molecular complexity index is 1550. The van der Waals surface area contributed by atoms with E-state index < -0.39 is 23.8 Å². The number of rotatable bonds is 8. The van der Waals surface area contributed by atoms with Crippen molar-refractivity contribution >= 4 is 11.6 Å². The molecule has 5 rings (SSSR count). The third-order valence-corrected chi connectivity index (χ3v) is 6.95. The van der Waals surface area contributed by atoms with Crippen LogP contribution in [-0.2, 0) is 12.7 Å². The van der Waals surface area contributed by atoms with Gasteiger partial charge in [0.25, 0.3) is 5.91 Å². The van der Waals surface area contributed by atoms with Crippen molar-refractivity contribution in [1.29, 1.82) is 0 Å². The van der Waals surface area contributed by atoms with Crippen LogP contribution >= 0.6 is 0 Å². The molecule has 8 nitrogen and oxygen atoms in total. The number of nitrogens with two attached hydrogens (primary N) is 1. The summed E-state index contributed by atoms with van der Waals surface area (Å²) in [5, 5.41) is 27.1. The summed E-state index contributed by atoms with van der Waals surface area (Å²) in [6.45, 7) is 0.167. The molecule has 208 valence electrons. The fraction of sp³-hybridized carbons (Fsp3) is 0.241. The highest BCUT2D eigenvalue weighted by atomic mass is 19.4.